The van der Waals surface area contributed by atoms with Gasteiger partial charge in [0.15, 0.2) is 0 Å². The lowest BCUT2D eigenvalue weighted by Crippen LogP contribution is -2.21. The second-order valence-corrected chi connectivity index (χ2v) is 7.48. The van der Waals surface area contributed by atoms with Crippen molar-refractivity contribution in [3.05, 3.63) is 12.2 Å². The lowest BCUT2D eigenvalue weighted by Gasteiger charge is -2.13. The molecule has 0 aromatic rings. The summed E-state index contributed by atoms with van der Waals surface area (Å²) >= 11 is 0. The van der Waals surface area contributed by atoms with E-state index in [0.29, 0.717) is 13.0 Å². The summed E-state index contributed by atoms with van der Waals surface area (Å²) in [6.07, 6.45) is 20.5. The molecule has 0 fully saturated rings. The second kappa shape index (κ2) is 19.4. The number of hydrogen-bond donors (Lipinski definition) is 1. The van der Waals surface area contributed by atoms with Crippen molar-refractivity contribution in [3.63, 3.8) is 0 Å². The van der Waals surface area contributed by atoms with Gasteiger partial charge in [-0.3, -0.25) is 9.59 Å². The van der Waals surface area contributed by atoms with Crippen LogP contribution in [0.15, 0.2) is 12.2 Å². The van der Waals surface area contributed by atoms with Crippen molar-refractivity contribution in [3.8, 4) is 0 Å². The first-order valence-electron chi connectivity index (χ1n) is 11.1. The van der Waals surface area contributed by atoms with Crippen LogP contribution in [0.3, 0.4) is 0 Å². The molecule has 0 heterocycles. The van der Waals surface area contributed by atoms with E-state index in [1.54, 1.807) is 0 Å². The molecule has 0 aromatic heterocycles. The van der Waals surface area contributed by atoms with Crippen LogP contribution < -0.4 is 0 Å². The fourth-order valence-corrected chi connectivity index (χ4v) is 3.11. The molecule has 0 rings (SSSR count). The van der Waals surface area contributed by atoms with Gasteiger partial charge in [0.05, 0.1) is 18.9 Å². The van der Waals surface area contributed by atoms with Crippen LogP contribution in [-0.4, -0.2) is 23.7 Å². The predicted molar refractivity (Wildman–Crippen MR) is 112 cm³/mol. The maximum absolute atomic E-state index is 11.9. The van der Waals surface area contributed by atoms with Gasteiger partial charge in [0.1, 0.15) is 0 Å². The molecule has 0 bridgehead atoms. The second-order valence-electron chi connectivity index (χ2n) is 7.48. The van der Waals surface area contributed by atoms with E-state index in [0.717, 1.165) is 19.3 Å². The minimum absolute atomic E-state index is 0.116. The summed E-state index contributed by atoms with van der Waals surface area (Å²) in [7, 11) is 0. The van der Waals surface area contributed by atoms with Gasteiger partial charge < -0.3 is 9.84 Å². The molecule has 0 radical (unpaired) electrons. The third-order valence-corrected chi connectivity index (χ3v) is 4.77. The highest BCUT2D eigenvalue weighted by Gasteiger charge is 2.22. The van der Waals surface area contributed by atoms with Crippen molar-refractivity contribution in [1.82, 2.24) is 0 Å². The van der Waals surface area contributed by atoms with Gasteiger partial charge in [0, 0.05) is 0 Å². The number of carbonyl (C=O) groups is 2. The molecule has 1 N–H and O–H groups in total. The van der Waals surface area contributed by atoms with E-state index in [2.05, 4.69) is 19.1 Å². The number of carbonyl (C=O) groups excluding carboxylic acids is 1. The molecule has 0 saturated heterocycles. The summed E-state index contributed by atoms with van der Waals surface area (Å²) in [5.41, 5.74) is 0. The summed E-state index contributed by atoms with van der Waals surface area (Å²) < 4.78 is 5.12. The standard InChI is InChI=1S/C23H42O4/c1-3-5-6-7-8-9-10-11-12-13-14-15-16-17-18-21(20-22(24)25)23(26)27-19-4-2/h7-8,21H,3-6,9-20H2,1-2H3,(H,24,25)/b8-7+. The van der Waals surface area contributed by atoms with Crippen LogP contribution >= 0.6 is 0 Å². The molecule has 4 heteroatoms. The molecule has 4 nitrogen and oxygen atoms in total. The van der Waals surface area contributed by atoms with Crippen molar-refractivity contribution in [1.29, 1.82) is 0 Å². The molecule has 0 aliphatic rings. The fraction of sp³-hybridized carbons (Fsp3) is 0.826. The monoisotopic (exact) mass is 382 g/mol. The molecule has 0 saturated carbocycles. The Labute approximate surface area is 166 Å². The molecule has 0 aromatic carbocycles. The average Bonchev–Trinajstić information content (AvgIpc) is 2.65. The molecule has 0 spiro atoms. The lowest BCUT2D eigenvalue weighted by atomic mass is 9.97. The zero-order valence-electron chi connectivity index (χ0n) is 17.7. The summed E-state index contributed by atoms with van der Waals surface area (Å²) in [5.74, 6) is -1.75. The Balaban J connectivity index is 3.60. The van der Waals surface area contributed by atoms with Crippen LogP contribution in [0.25, 0.3) is 0 Å². The quantitative estimate of drug-likeness (QED) is 0.154. The van der Waals surface area contributed by atoms with Crippen LogP contribution in [0.2, 0.25) is 0 Å². The molecule has 27 heavy (non-hydrogen) atoms. The van der Waals surface area contributed by atoms with Crippen molar-refractivity contribution in [2.45, 2.75) is 110 Å². The minimum atomic E-state index is -0.923. The van der Waals surface area contributed by atoms with Crippen molar-refractivity contribution in [2.75, 3.05) is 6.61 Å². The van der Waals surface area contributed by atoms with E-state index in [9.17, 15) is 9.59 Å². The molecule has 1 unspecified atom stereocenters. The zero-order chi connectivity index (χ0) is 20.2. The first-order chi connectivity index (χ1) is 13.1. The SMILES string of the molecule is CCCC/C=C/CCCCCCCCCCC(CC(=O)O)C(=O)OCCC. The number of allylic oxidation sites excluding steroid dienone is 2. The number of esters is 1. The van der Waals surface area contributed by atoms with E-state index in [1.807, 2.05) is 6.92 Å². The van der Waals surface area contributed by atoms with Gasteiger partial charge in [-0.25, -0.2) is 0 Å². The van der Waals surface area contributed by atoms with E-state index in [-0.39, 0.29) is 12.4 Å². The van der Waals surface area contributed by atoms with E-state index in [1.165, 1.54) is 64.2 Å². The maximum Gasteiger partial charge on any atom is 0.309 e. The summed E-state index contributed by atoms with van der Waals surface area (Å²) in [5, 5.41) is 8.96. The molecular formula is C23H42O4. The first kappa shape index (κ1) is 25.7. The largest absolute Gasteiger partial charge is 0.481 e. The Kier molecular flexibility index (Phi) is 18.5. The van der Waals surface area contributed by atoms with Gasteiger partial charge in [-0.15, -0.1) is 0 Å². The number of unbranched alkanes of at least 4 members (excludes halogenated alkanes) is 10. The number of ether oxygens (including phenoxy) is 1. The fourth-order valence-electron chi connectivity index (χ4n) is 3.11. The topological polar surface area (TPSA) is 63.6 Å². The van der Waals surface area contributed by atoms with Crippen LogP contribution in [-0.2, 0) is 14.3 Å². The Morgan fingerprint density at radius 3 is 1.93 bits per heavy atom. The molecule has 0 aliphatic heterocycles. The summed E-state index contributed by atoms with van der Waals surface area (Å²) in [6.45, 7) is 4.54. The molecule has 0 amide bonds. The van der Waals surface area contributed by atoms with Crippen LogP contribution in [0.1, 0.15) is 110 Å². The Bertz CT molecular complexity index is 390. The third kappa shape index (κ3) is 17.8. The van der Waals surface area contributed by atoms with Crippen LogP contribution in [0.5, 0.6) is 0 Å². The van der Waals surface area contributed by atoms with E-state index < -0.39 is 11.9 Å². The highest BCUT2D eigenvalue weighted by molar-refractivity contribution is 5.79. The number of carboxylic acid groups (broad SMARTS) is 1. The highest BCUT2D eigenvalue weighted by atomic mass is 16.5. The normalized spacial score (nSPS) is 12.4. The van der Waals surface area contributed by atoms with Crippen LogP contribution in [0.4, 0.5) is 0 Å². The lowest BCUT2D eigenvalue weighted by molar-refractivity contribution is -0.153. The van der Waals surface area contributed by atoms with Gasteiger partial charge in [-0.05, 0) is 32.1 Å². The first-order valence-corrected chi connectivity index (χ1v) is 11.1. The number of aliphatic carboxylic acids is 1. The summed E-state index contributed by atoms with van der Waals surface area (Å²) in [6, 6.07) is 0. The highest BCUT2D eigenvalue weighted by Crippen LogP contribution is 2.18. The smallest absolute Gasteiger partial charge is 0.309 e. The Morgan fingerprint density at radius 2 is 1.37 bits per heavy atom. The Morgan fingerprint density at radius 1 is 0.815 bits per heavy atom. The molecule has 1 atom stereocenters. The van der Waals surface area contributed by atoms with Crippen LogP contribution in [0, 0.1) is 5.92 Å². The van der Waals surface area contributed by atoms with Gasteiger partial charge in [0.25, 0.3) is 0 Å². The van der Waals surface area contributed by atoms with Crippen molar-refractivity contribution >= 4 is 11.9 Å². The molecule has 0 aliphatic carbocycles. The van der Waals surface area contributed by atoms with Gasteiger partial charge in [-0.1, -0.05) is 83.8 Å². The number of carboxylic acids is 1. The minimum Gasteiger partial charge on any atom is -0.481 e. The van der Waals surface area contributed by atoms with Crippen molar-refractivity contribution < 1.29 is 19.4 Å². The maximum atomic E-state index is 11.9. The molecular weight excluding hydrogens is 340 g/mol. The van der Waals surface area contributed by atoms with Gasteiger partial charge in [-0.2, -0.15) is 0 Å². The molecule has 158 valence electrons. The average molecular weight is 383 g/mol. The summed E-state index contributed by atoms with van der Waals surface area (Å²) in [4.78, 5) is 22.8. The van der Waals surface area contributed by atoms with E-state index in [4.69, 9.17) is 9.84 Å². The zero-order valence-corrected chi connectivity index (χ0v) is 17.7. The van der Waals surface area contributed by atoms with Crippen molar-refractivity contribution in [2.24, 2.45) is 5.92 Å². The van der Waals surface area contributed by atoms with Gasteiger partial charge >= 0.3 is 11.9 Å². The predicted octanol–water partition coefficient (Wildman–Crippen LogP) is 6.68. The van der Waals surface area contributed by atoms with E-state index >= 15 is 0 Å². The number of rotatable bonds is 19. The Hall–Kier alpha value is -1.32. The van der Waals surface area contributed by atoms with Gasteiger partial charge in [0.2, 0.25) is 0 Å². The third-order valence-electron chi connectivity index (χ3n) is 4.77. The number of hydrogen-bond acceptors (Lipinski definition) is 3.